The van der Waals surface area contributed by atoms with E-state index >= 15 is 0 Å². The molecule has 0 saturated carbocycles. The van der Waals surface area contributed by atoms with Gasteiger partial charge in [0.15, 0.2) is 0 Å². The van der Waals surface area contributed by atoms with E-state index in [-0.39, 0.29) is 5.01 Å². The molecule has 0 spiro atoms. The van der Waals surface area contributed by atoms with Gasteiger partial charge in [-0.2, -0.15) is 28.4 Å². The van der Waals surface area contributed by atoms with E-state index in [0.29, 0.717) is 11.4 Å². The first-order chi connectivity index (χ1) is 9.15. The lowest BCUT2D eigenvalue weighted by Gasteiger charge is -2.32. The number of hydrazone groups is 1. The molecule has 1 amide bonds. The lowest BCUT2D eigenvalue weighted by Crippen LogP contribution is -2.57. The van der Waals surface area contributed by atoms with Crippen molar-refractivity contribution in [3.63, 3.8) is 0 Å². The molecule has 1 unspecified atom stereocenters. The van der Waals surface area contributed by atoms with E-state index in [4.69, 9.17) is 0 Å². The minimum absolute atomic E-state index is 0.0729. The molecule has 0 bridgehead atoms. The Balaban J connectivity index is 2.21. The van der Waals surface area contributed by atoms with Gasteiger partial charge in [0.1, 0.15) is 6.54 Å². The number of carbonyl (C=O) groups excluding carboxylic acids is 1. The van der Waals surface area contributed by atoms with Crippen molar-refractivity contribution >= 4 is 12.1 Å². The number of rotatable bonds is 2. The smallest absolute Gasteiger partial charge is 0.362 e. The van der Waals surface area contributed by atoms with E-state index in [0.717, 1.165) is 6.21 Å². The molecule has 0 aliphatic carbocycles. The minimum Gasteiger partial charge on any atom is -0.362 e. The second-order valence-corrected chi connectivity index (χ2v) is 4.61. The van der Waals surface area contributed by atoms with Gasteiger partial charge in [-0.3, -0.25) is 9.48 Å². The maximum Gasteiger partial charge on any atom is 0.438 e. The SMILES string of the molecule is Cc1cc(C)n(CC(=O)N2N=CCC2(O)C(F)(F)F)n1. The molecule has 0 fully saturated rings. The van der Waals surface area contributed by atoms with E-state index in [1.807, 2.05) is 0 Å². The fourth-order valence-corrected chi connectivity index (χ4v) is 1.97. The van der Waals surface area contributed by atoms with Crippen LogP contribution in [0.2, 0.25) is 0 Å². The van der Waals surface area contributed by atoms with Gasteiger partial charge >= 0.3 is 6.18 Å². The summed E-state index contributed by atoms with van der Waals surface area (Å²) >= 11 is 0. The third-order valence-corrected chi connectivity index (χ3v) is 3.00. The average molecular weight is 290 g/mol. The van der Waals surface area contributed by atoms with E-state index in [1.54, 1.807) is 19.9 Å². The highest BCUT2D eigenvalue weighted by Crippen LogP contribution is 2.38. The maximum absolute atomic E-state index is 12.8. The van der Waals surface area contributed by atoms with Crippen LogP contribution in [0.15, 0.2) is 11.2 Å². The van der Waals surface area contributed by atoms with Gasteiger partial charge in [0.2, 0.25) is 0 Å². The average Bonchev–Trinajstić information content (AvgIpc) is 2.83. The standard InChI is InChI=1S/C11H13F3N4O2/c1-7-5-8(2)17(16-7)6-9(19)18-10(20,3-4-15-18)11(12,13)14/h4-5,20H,3,6H2,1-2H3. The lowest BCUT2D eigenvalue weighted by molar-refractivity contribution is -0.302. The monoisotopic (exact) mass is 290 g/mol. The Kier molecular flexibility index (Phi) is 3.32. The van der Waals surface area contributed by atoms with Gasteiger partial charge in [-0.15, -0.1) is 0 Å². The molecule has 2 rings (SSSR count). The van der Waals surface area contributed by atoms with Crippen LogP contribution in [0.5, 0.6) is 0 Å². The van der Waals surface area contributed by atoms with Crippen molar-refractivity contribution in [3.05, 3.63) is 17.5 Å². The first-order valence-electron chi connectivity index (χ1n) is 5.81. The third kappa shape index (κ3) is 2.28. The van der Waals surface area contributed by atoms with Gasteiger partial charge in [-0.1, -0.05) is 0 Å². The summed E-state index contributed by atoms with van der Waals surface area (Å²) in [6, 6.07) is 1.69. The van der Waals surface area contributed by atoms with E-state index in [1.165, 1.54) is 4.68 Å². The van der Waals surface area contributed by atoms with Crippen molar-refractivity contribution in [2.24, 2.45) is 5.10 Å². The Labute approximate surface area is 112 Å². The quantitative estimate of drug-likeness (QED) is 0.882. The summed E-state index contributed by atoms with van der Waals surface area (Å²) in [7, 11) is 0. The van der Waals surface area contributed by atoms with Crippen molar-refractivity contribution in [2.75, 3.05) is 0 Å². The minimum atomic E-state index is -4.98. The fourth-order valence-electron chi connectivity index (χ4n) is 1.97. The number of amides is 1. The van der Waals surface area contributed by atoms with E-state index in [2.05, 4.69) is 10.2 Å². The topological polar surface area (TPSA) is 70.7 Å². The first kappa shape index (κ1) is 14.5. The molecule has 20 heavy (non-hydrogen) atoms. The van der Waals surface area contributed by atoms with Crippen molar-refractivity contribution in [2.45, 2.75) is 38.7 Å². The van der Waals surface area contributed by atoms with Crippen molar-refractivity contribution < 1.29 is 23.1 Å². The summed E-state index contributed by atoms with van der Waals surface area (Å²) in [6.07, 6.45) is -4.89. The number of halogens is 3. The molecule has 1 aliphatic rings. The maximum atomic E-state index is 12.8. The van der Waals surface area contributed by atoms with Crippen LogP contribution in [0.25, 0.3) is 0 Å². The number of aliphatic hydroxyl groups is 1. The molecule has 1 aromatic heterocycles. The Morgan fingerprint density at radius 3 is 2.65 bits per heavy atom. The summed E-state index contributed by atoms with van der Waals surface area (Å²) in [5.74, 6) is -0.982. The predicted octanol–water partition coefficient (Wildman–Crippen LogP) is 0.969. The molecule has 0 radical (unpaired) electrons. The van der Waals surface area contributed by atoms with Crippen LogP contribution < -0.4 is 0 Å². The first-order valence-corrected chi connectivity index (χ1v) is 5.81. The van der Waals surface area contributed by atoms with Crippen LogP contribution >= 0.6 is 0 Å². The van der Waals surface area contributed by atoms with Crippen LogP contribution in [-0.2, 0) is 11.3 Å². The van der Waals surface area contributed by atoms with Gasteiger partial charge in [0.25, 0.3) is 11.6 Å². The highest BCUT2D eigenvalue weighted by atomic mass is 19.4. The largest absolute Gasteiger partial charge is 0.438 e. The van der Waals surface area contributed by atoms with Crippen LogP contribution in [0.3, 0.4) is 0 Å². The van der Waals surface area contributed by atoms with Crippen LogP contribution in [0.4, 0.5) is 13.2 Å². The number of nitrogens with zero attached hydrogens (tertiary/aromatic N) is 4. The Morgan fingerprint density at radius 2 is 2.15 bits per heavy atom. The Hall–Kier alpha value is -1.90. The second kappa shape index (κ2) is 4.58. The van der Waals surface area contributed by atoms with Gasteiger partial charge in [-0.25, -0.2) is 0 Å². The van der Waals surface area contributed by atoms with E-state index in [9.17, 15) is 23.1 Å². The third-order valence-electron chi connectivity index (χ3n) is 3.00. The summed E-state index contributed by atoms with van der Waals surface area (Å²) in [5.41, 5.74) is -2.00. The number of carbonyl (C=O) groups is 1. The van der Waals surface area contributed by atoms with Gasteiger partial charge in [-0.05, 0) is 19.9 Å². The number of alkyl halides is 3. The second-order valence-electron chi connectivity index (χ2n) is 4.61. The molecular weight excluding hydrogens is 277 g/mol. The highest BCUT2D eigenvalue weighted by molar-refractivity contribution is 5.80. The molecule has 1 atom stereocenters. The number of aryl methyl sites for hydroxylation is 2. The Bertz CT molecular complexity index is 567. The number of hydrogen-bond acceptors (Lipinski definition) is 4. The lowest BCUT2D eigenvalue weighted by atomic mass is 10.1. The Morgan fingerprint density at radius 1 is 1.50 bits per heavy atom. The van der Waals surface area contributed by atoms with Crippen LogP contribution in [-0.4, -0.2) is 43.9 Å². The summed E-state index contributed by atoms with van der Waals surface area (Å²) in [4.78, 5) is 11.9. The zero-order chi connectivity index (χ0) is 15.1. The van der Waals surface area contributed by atoms with Gasteiger partial charge in [0, 0.05) is 18.3 Å². The van der Waals surface area contributed by atoms with Gasteiger partial charge in [0.05, 0.1) is 5.69 Å². The van der Waals surface area contributed by atoms with Crippen molar-refractivity contribution in [1.82, 2.24) is 14.8 Å². The number of aromatic nitrogens is 2. The molecule has 0 saturated heterocycles. The van der Waals surface area contributed by atoms with Crippen molar-refractivity contribution in [3.8, 4) is 0 Å². The number of hydrogen-bond donors (Lipinski definition) is 1. The molecule has 1 N–H and O–H groups in total. The molecule has 9 heteroatoms. The predicted molar refractivity (Wildman–Crippen MR) is 62.7 cm³/mol. The highest BCUT2D eigenvalue weighted by Gasteiger charge is 2.61. The molecule has 6 nitrogen and oxygen atoms in total. The normalized spacial score (nSPS) is 22.6. The molecule has 1 aliphatic heterocycles. The fraction of sp³-hybridized carbons (Fsp3) is 0.545. The van der Waals surface area contributed by atoms with Crippen LogP contribution in [0.1, 0.15) is 17.8 Å². The molecule has 2 heterocycles. The summed E-state index contributed by atoms with van der Waals surface area (Å²) in [6.45, 7) is 2.96. The zero-order valence-electron chi connectivity index (χ0n) is 10.8. The van der Waals surface area contributed by atoms with Crippen molar-refractivity contribution in [1.29, 1.82) is 0 Å². The zero-order valence-corrected chi connectivity index (χ0v) is 10.8. The molecule has 0 aromatic carbocycles. The van der Waals surface area contributed by atoms with Gasteiger partial charge < -0.3 is 5.11 Å². The van der Waals surface area contributed by atoms with Crippen LogP contribution in [0, 0.1) is 13.8 Å². The summed E-state index contributed by atoms with van der Waals surface area (Å²) < 4.78 is 39.8. The molecule has 1 aromatic rings. The molecule has 110 valence electrons. The molecular formula is C11H13F3N4O2. The van der Waals surface area contributed by atoms with E-state index < -0.39 is 30.8 Å². The summed E-state index contributed by atoms with van der Waals surface area (Å²) in [5, 5.41) is 17.0.